The average molecular weight is 367 g/mol. The zero-order valence-electron chi connectivity index (χ0n) is 15.8. The predicted molar refractivity (Wildman–Crippen MR) is 103 cm³/mol. The van der Waals surface area contributed by atoms with Crippen molar-refractivity contribution in [3.05, 3.63) is 47.6 Å². The van der Waals surface area contributed by atoms with E-state index in [2.05, 4.69) is 4.98 Å². The molecule has 1 aromatic carbocycles. The van der Waals surface area contributed by atoms with Crippen molar-refractivity contribution in [1.29, 1.82) is 0 Å². The molecule has 2 atom stereocenters. The second-order valence-electron chi connectivity index (χ2n) is 7.39. The van der Waals surface area contributed by atoms with Crippen LogP contribution in [0.2, 0.25) is 0 Å². The topological polar surface area (TPSA) is 67.6 Å². The Bertz CT molecular complexity index is 887. The number of hydrogen-bond acceptors (Lipinski definition) is 4. The van der Waals surface area contributed by atoms with Gasteiger partial charge in [-0.25, -0.2) is 4.98 Å². The highest BCUT2D eigenvalue weighted by Crippen LogP contribution is 2.32. The highest BCUT2D eigenvalue weighted by atomic mass is 16.5. The first-order valence-corrected chi connectivity index (χ1v) is 9.44. The Labute approximate surface area is 159 Å². The number of aromatic nitrogens is 2. The van der Waals surface area contributed by atoms with Crippen LogP contribution in [0.1, 0.15) is 36.9 Å². The lowest BCUT2D eigenvalue weighted by Crippen LogP contribution is -2.50. The fourth-order valence-electron chi connectivity index (χ4n) is 4.07. The molecule has 2 aliphatic rings. The smallest absolute Gasteiger partial charge is 0.250 e. The van der Waals surface area contributed by atoms with Crippen molar-refractivity contribution in [2.24, 2.45) is 0 Å². The molecule has 1 amide bonds. The Balaban J connectivity index is 1.59. The number of methoxy groups -OCH3 is 1. The normalized spacial score (nSPS) is 24.2. The van der Waals surface area contributed by atoms with Gasteiger partial charge >= 0.3 is 0 Å². The molecular formula is C21H25N3O3. The number of benzene rings is 1. The van der Waals surface area contributed by atoms with E-state index < -0.39 is 0 Å². The Hall–Kier alpha value is -2.60. The minimum atomic E-state index is -0.270. The van der Waals surface area contributed by atoms with Crippen molar-refractivity contribution in [3.8, 4) is 11.4 Å². The van der Waals surface area contributed by atoms with Crippen LogP contribution in [0.5, 0.6) is 5.75 Å². The molecule has 27 heavy (non-hydrogen) atoms. The number of amides is 1. The lowest BCUT2D eigenvalue weighted by Gasteiger charge is -2.41. The van der Waals surface area contributed by atoms with Crippen molar-refractivity contribution in [2.75, 3.05) is 13.7 Å². The number of fused-ring (bicyclic) bond motifs is 1. The highest BCUT2D eigenvalue weighted by Gasteiger charge is 2.35. The molecule has 1 aromatic heterocycles. The summed E-state index contributed by atoms with van der Waals surface area (Å²) in [5, 5.41) is 9.84. The van der Waals surface area contributed by atoms with Gasteiger partial charge in [0, 0.05) is 24.4 Å². The van der Waals surface area contributed by atoms with Gasteiger partial charge < -0.3 is 19.3 Å². The van der Waals surface area contributed by atoms with E-state index in [0.29, 0.717) is 19.4 Å². The number of ether oxygens (including phenoxy) is 1. The summed E-state index contributed by atoms with van der Waals surface area (Å²) in [4.78, 5) is 19.0. The zero-order chi connectivity index (χ0) is 19.0. The zero-order valence-corrected chi connectivity index (χ0v) is 15.8. The summed E-state index contributed by atoms with van der Waals surface area (Å²) < 4.78 is 7.49. The van der Waals surface area contributed by atoms with Crippen LogP contribution in [0.25, 0.3) is 11.8 Å². The molecule has 3 heterocycles. The summed E-state index contributed by atoms with van der Waals surface area (Å²) in [6.07, 6.45) is 8.44. The Morgan fingerprint density at radius 3 is 2.93 bits per heavy atom. The molecular weight excluding hydrogens is 342 g/mol. The molecule has 2 fully saturated rings. The van der Waals surface area contributed by atoms with E-state index in [9.17, 15) is 9.90 Å². The van der Waals surface area contributed by atoms with Crippen LogP contribution in [0.3, 0.4) is 0 Å². The molecule has 142 valence electrons. The van der Waals surface area contributed by atoms with Gasteiger partial charge in [0.05, 0.1) is 30.9 Å². The number of imidazole rings is 1. The summed E-state index contributed by atoms with van der Waals surface area (Å²) in [5.41, 5.74) is 3.64. The molecule has 0 spiro atoms. The van der Waals surface area contributed by atoms with Crippen LogP contribution in [-0.2, 0) is 4.79 Å². The number of aryl methyl sites for hydroxylation is 1. The summed E-state index contributed by atoms with van der Waals surface area (Å²) in [6, 6.07) is 6.12. The summed E-state index contributed by atoms with van der Waals surface area (Å²) in [5.74, 6) is 0.843. The minimum absolute atomic E-state index is 0.103. The van der Waals surface area contributed by atoms with Gasteiger partial charge in [0.2, 0.25) is 5.91 Å². The number of aliphatic hydroxyl groups excluding tert-OH is 1. The first-order chi connectivity index (χ1) is 13.0. The first kappa shape index (κ1) is 17.8. The average Bonchev–Trinajstić information content (AvgIpc) is 3.10. The maximum atomic E-state index is 12.8. The molecule has 6 heteroatoms. The first-order valence-electron chi connectivity index (χ1n) is 9.44. The fourth-order valence-corrected chi connectivity index (χ4v) is 4.07. The van der Waals surface area contributed by atoms with Gasteiger partial charge in [-0.05, 0) is 56.4 Å². The van der Waals surface area contributed by atoms with Crippen LogP contribution in [0.15, 0.2) is 36.3 Å². The fraction of sp³-hybridized carbons (Fsp3) is 0.429. The van der Waals surface area contributed by atoms with Crippen molar-refractivity contribution in [1.82, 2.24) is 14.5 Å². The monoisotopic (exact) mass is 367 g/mol. The Morgan fingerprint density at radius 1 is 1.33 bits per heavy atom. The van der Waals surface area contributed by atoms with Crippen LogP contribution in [0, 0.1) is 6.92 Å². The van der Waals surface area contributed by atoms with Gasteiger partial charge in [-0.2, -0.15) is 0 Å². The van der Waals surface area contributed by atoms with Gasteiger partial charge in [0.15, 0.2) is 0 Å². The molecule has 6 nitrogen and oxygen atoms in total. The Morgan fingerprint density at radius 2 is 2.19 bits per heavy atom. The molecule has 0 saturated carbocycles. The third-order valence-electron chi connectivity index (χ3n) is 5.51. The number of carbonyl (C=O) groups excluding carboxylic acids is 1. The minimum Gasteiger partial charge on any atom is -0.495 e. The van der Waals surface area contributed by atoms with Crippen LogP contribution in [0.4, 0.5) is 0 Å². The summed E-state index contributed by atoms with van der Waals surface area (Å²) in [7, 11) is 1.65. The maximum absolute atomic E-state index is 12.8. The van der Waals surface area contributed by atoms with Crippen LogP contribution < -0.4 is 4.74 Å². The van der Waals surface area contributed by atoms with E-state index >= 15 is 0 Å². The van der Waals surface area contributed by atoms with Gasteiger partial charge in [0.25, 0.3) is 0 Å². The van der Waals surface area contributed by atoms with Gasteiger partial charge in [-0.15, -0.1) is 0 Å². The molecule has 2 unspecified atom stereocenters. The van der Waals surface area contributed by atoms with Gasteiger partial charge in [-0.3, -0.25) is 4.79 Å². The number of carbonyl (C=O) groups is 1. The molecule has 4 rings (SSSR count). The SMILES string of the molecule is COc1cc(C=C2CCC3CC(O)CCN3C2=O)ccc1-n1cnc(C)c1. The second kappa shape index (κ2) is 7.19. The number of hydrogen-bond donors (Lipinski definition) is 1. The quantitative estimate of drug-likeness (QED) is 0.847. The van der Waals surface area contributed by atoms with Crippen LogP contribution >= 0.6 is 0 Å². The standard InChI is InChI=1S/C21H25N3O3/c1-14-12-23(13-22-14)19-6-3-15(10-20(19)27-2)9-16-4-5-17-11-18(25)7-8-24(17)21(16)26/h3,6,9-10,12-13,17-18,25H,4-5,7-8,11H2,1-2H3. The van der Waals surface area contributed by atoms with Gasteiger partial charge in [-0.1, -0.05) is 6.07 Å². The molecule has 2 saturated heterocycles. The van der Waals surface area contributed by atoms with Crippen molar-refractivity contribution < 1.29 is 14.6 Å². The number of rotatable bonds is 3. The third-order valence-corrected chi connectivity index (χ3v) is 5.51. The largest absolute Gasteiger partial charge is 0.495 e. The third kappa shape index (κ3) is 3.49. The van der Waals surface area contributed by atoms with Gasteiger partial charge in [0.1, 0.15) is 5.75 Å². The summed E-state index contributed by atoms with van der Waals surface area (Å²) in [6.45, 7) is 2.59. The number of piperidine rings is 2. The Kier molecular flexibility index (Phi) is 4.74. The van der Waals surface area contributed by atoms with E-state index in [1.165, 1.54) is 0 Å². The predicted octanol–water partition coefficient (Wildman–Crippen LogP) is 2.72. The maximum Gasteiger partial charge on any atom is 0.250 e. The molecule has 0 aliphatic carbocycles. The van der Waals surface area contributed by atoms with Crippen molar-refractivity contribution >= 4 is 12.0 Å². The highest BCUT2D eigenvalue weighted by molar-refractivity contribution is 5.99. The second-order valence-corrected chi connectivity index (χ2v) is 7.39. The molecule has 2 aromatic rings. The molecule has 2 aliphatic heterocycles. The van der Waals surface area contributed by atoms with E-state index in [1.807, 2.05) is 46.9 Å². The van der Waals surface area contributed by atoms with E-state index in [4.69, 9.17) is 4.74 Å². The number of aliphatic hydroxyl groups is 1. The molecule has 1 N–H and O–H groups in total. The lowest BCUT2D eigenvalue weighted by atomic mass is 9.88. The molecule has 0 radical (unpaired) electrons. The van der Waals surface area contributed by atoms with Crippen LogP contribution in [-0.4, -0.2) is 51.3 Å². The van der Waals surface area contributed by atoms with E-state index in [1.54, 1.807) is 13.4 Å². The summed E-state index contributed by atoms with van der Waals surface area (Å²) >= 11 is 0. The number of nitrogens with zero attached hydrogens (tertiary/aromatic N) is 3. The van der Waals surface area contributed by atoms with Crippen molar-refractivity contribution in [3.63, 3.8) is 0 Å². The lowest BCUT2D eigenvalue weighted by molar-refractivity contribution is -0.134. The molecule has 0 bridgehead atoms. The van der Waals surface area contributed by atoms with E-state index in [-0.39, 0.29) is 18.1 Å². The van der Waals surface area contributed by atoms with Crippen molar-refractivity contribution in [2.45, 2.75) is 44.8 Å². The van der Waals surface area contributed by atoms with E-state index in [0.717, 1.165) is 41.1 Å².